The summed E-state index contributed by atoms with van der Waals surface area (Å²) in [4.78, 5) is 40.8. The summed E-state index contributed by atoms with van der Waals surface area (Å²) in [6, 6.07) is 12.6. The molecule has 198 valence electrons. The van der Waals surface area contributed by atoms with Gasteiger partial charge in [0.1, 0.15) is 17.5 Å². The van der Waals surface area contributed by atoms with Crippen molar-refractivity contribution in [1.29, 1.82) is 0 Å². The van der Waals surface area contributed by atoms with Gasteiger partial charge in [-0.1, -0.05) is 42.7 Å². The van der Waals surface area contributed by atoms with Crippen molar-refractivity contribution in [3.05, 3.63) is 59.2 Å². The van der Waals surface area contributed by atoms with Gasteiger partial charge in [0.15, 0.2) is 0 Å². The number of fused-ring (bicyclic) bond motifs is 1. The zero-order valence-electron chi connectivity index (χ0n) is 21.8. The van der Waals surface area contributed by atoms with E-state index in [1.165, 1.54) is 10.5 Å². The van der Waals surface area contributed by atoms with Crippen molar-refractivity contribution < 1.29 is 18.6 Å². The summed E-state index contributed by atoms with van der Waals surface area (Å²) in [6.45, 7) is 3.69. The Balaban J connectivity index is 1.49. The van der Waals surface area contributed by atoms with Crippen molar-refractivity contribution in [2.24, 2.45) is 0 Å². The summed E-state index contributed by atoms with van der Waals surface area (Å²) in [7, 11) is -1.72. The largest absolute Gasteiger partial charge is 0.352 e. The summed E-state index contributed by atoms with van der Waals surface area (Å²) in [6.07, 6.45) is 8.01. The van der Waals surface area contributed by atoms with Crippen LogP contribution in [0, 0.1) is 6.92 Å². The zero-order chi connectivity index (χ0) is 26.4. The molecule has 8 heteroatoms. The molecule has 0 radical (unpaired) electrons. The maximum Gasteiger partial charge on any atom is 0.243 e. The Kier molecular flexibility index (Phi) is 9.14. The number of carbonyl (C=O) groups is 3. The first-order valence-corrected chi connectivity index (χ1v) is 14.8. The SMILES string of the molecule is Cc1ccc(NC(=O)C[S@@](=O)CC(=O)N(c2cccc3c2CCCC3)[C@@H](C)C(=O)NC2CCCC2)cc1. The van der Waals surface area contributed by atoms with Crippen molar-refractivity contribution in [2.45, 2.75) is 77.3 Å². The molecular weight excluding hydrogens is 486 g/mol. The minimum atomic E-state index is -1.72. The van der Waals surface area contributed by atoms with Gasteiger partial charge in [-0.25, -0.2) is 0 Å². The molecule has 0 aliphatic heterocycles. The second-order valence-corrected chi connectivity index (χ2v) is 11.7. The highest BCUT2D eigenvalue weighted by molar-refractivity contribution is 7.86. The smallest absolute Gasteiger partial charge is 0.243 e. The number of hydrogen-bond donors (Lipinski definition) is 2. The van der Waals surface area contributed by atoms with E-state index in [0.29, 0.717) is 5.69 Å². The van der Waals surface area contributed by atoms with Crippen LogP contribution in [0.15, 0.2) is 42.5 Å². The lowest BCUT2D eigenvalue weighted by Crippen LogP contribution is -2.52. The van der Waals surface area contributed by atoms with Gasteiger partial charge in [0.05, 0.1) is 0 Å². The van der Waals surface area contributed by atoms with E-state index >= 15 is 0 Å². The third kappa shape index (κ3) is 7.06. The Labute approximate surface area is 221 Å². The molecule has 4 rings (SSSR count). The van der Waals surface area contributed by atoms with Gasteiger partial charge in [0.25, 0.3) is 0 Å². The van der Waals surface area contributed by atoms with Crippen LogP contribution in [0.5, 0.6) is 0 Å². The molecule has 2 aromatic carbocycles. The number of aryl methyl sites for hydroxylation is 2. The van der Waals surface area contributed by atoms with Gasteiger partial charge in [-0.3, -0.25) is 23.5 Å². The Bertz CT molecular complexity index is 1160. The Morgan fingerprint density at radius 2 is 1.68 bits per heavy atom. The highest BCUT2D eigenvalue weighted by Gasteiger charge is 2.32. The molecule has 2 N–H and O–H groups in total. The lowest BCUT2D eigenvalue weighted by atomic mass is 9.89. The van der Waals surface area contributed by atoms with E-state index in [2.05, 4.69) is 16.7 Å². The normalized spacial score (nSPS) is 16.9. The van der Waals surface area contributed by atoms with E-state index < -0.39 is 28.7 Å². The molecule has 2 aliphatic carbocycles. The van der Waals surface area contributed by atoms with Crippen LogP contribution >= 0.6 is 0 Å². The van der Waals surface area contributed by atoms with E-state index in [9.17, 15) is 18.6 Å². The highest BCUT2D eigenvalue weighted by Crippen LogP contribution is 2.32. The molecule has 3 amide bonds. The van der Waals surface area contributed by atoms with E-state index in [1.807, 2.05) is 31.2 Å². The maximum atomic E-state index is 13.6. The van der Waals surface area contributed by atoms with Crippen LogP contribution in [0.3, 0.4) is 0 Å². The van der Waals surface area contributed by atoms with Crippen LogP contribution < -0.4 is 15.5 Å². The maximum absolute atomic E-state index is 13.6. The van der Waals surface area contributed by atoms with Crippen LogP contribution in [-0.2, 0) is 38.0 Å². The van der Waals surface area contributed by atoms with Gasteiger partial charge in [0.2, 0.25) is 17.7 Å². The van der Waals surface area contributed by atoms with Crippen LogP contribution in [0.1, 0.15) is 62.1 Å². The number of rotatable bonds is 9. The average Bonchev–Trinajstić information content (AvgIpc) is 3.38. The molecular formula is C29H37N3O4S. The van der Waals surface area contributed by atoms with Gasteiger partial charge < -0.3 is 10.6 Å². The van der Waals surface area contributed by atoms with Crippen LogP contribution in [0.25, 0.3) is 0 Å². The zero-order valence-corrected chi connectivity index (χ0v) is 22.6. The standard InChI is InChI=1S/C29H37N3O4S/c1-20-14-16-24(17-15-20)30-27(33)18-37(36)19-28(34)32(21(2)29(35)31-23-10-4-5-11-23)26-13-7-9-22-8-3-6-12-25(22)26/h7,9,13-17,21,23H,3-6,8,10-12,18-19H2,1-2H3,(H,30,33)(H,31,35)/t21-,37+/m0/s1. The minimum absolute atomic E-state index is 0.135. The highest BCUT2D eigenvalue weighted by atomic mass is 32.2. The lowest BCUT2D eigenvalue weighted by Gasteiger charge is -2.33. The van der Waals surface area contributed by atoms with E-state index in [1.54, 1.807) is 19.1 Å². The topological polar surface area (TPSA) is 95.6 Å². The molecule has 0 unspecified atom stereocenters. The Hall–Kier alpha value is -3.00. The second kappa shape index (κ2) is 12.5. The Morgan fingerprint density at radius 3 is 2.41 bits per heavy atom. The molecule has 0 saturated heterocycles. The molecule has 1 fully saturated rings. The molecule has 0 spiro atoms. The minimum Gasteiger partial charge on any atom is -0.352 e. The van der Waals surface area contributed by atoms with Crippen molar-refractivity contribution in [3.63, 3.8) is 0 Å². The number of carbonyl (C=O) groups excluding carboxylic acids is 3. The van der Waals surface area contributed by atoms with Gasteiger partial charge >= 0.3 is 0 Å². The summed E-state index contributed by atoms with van der Waals surface area (Å²) < 4.78 is 12.9. The van der Waals surface area contributed by atoms with Crippen molar-refractivity contribution in [1.82, 2.24) is 5.32 Å². The molecule has 0 bridgehead atoms. The number of nitrogens with zero attached hydrogens (tertiary/aromatic N) is 1. The third-order valence-electron chi connectivity index (χ3n) is 7.28. The fourth-order valence-corrected chi connectivity index (χ4v) is 6.17. The second-order valence-electron chi connectivity index (χ2n) is 10.2. The van der Waals surface area contributed by atoms with Gasteiger partial charge in [-0.15, -0.1) is 0 Å². The summed E-state index contributed by atoms with van der Waals surface area (Å²) in [5.74, 6) is -1.63. The molecule has 0 heterocycles. The number of nitrogens with one attached hydrogen (secondary N) is 2. The van der Waals surface area contributed by atoms with Gasteiger partial charge in [-0.05, 0) is 81.7 Å². The molecule has 1 saturated carbocycles. The van der Waals surface area contributed by atoms with Crippen molar-refractivity contribution >= 4 is 39.9 Å². The van der Waals surface area contributed by atoms with Gasteiger partial charge in [-0.2, -0.15) is 0 Å². The van der Waals surface area contributed by atoms with Crippen LogP contribution in [0.4, 0.5) is 11.4 Å². The summed E-state index contributed by atoms with van der Waals surface area (Å²) >= 11 is 0. The summed E-state index contributed by atoms with van der Waals surface area (Å²) in [5, 5.41) is 5.84. The predicted molar refractivity (Wildman–Crippen MR) is 148 cm³/mol. The lowest BCUT2D eigenvalue weighted by molar-refractivity contribution is -0.125. The summed E-state index contributed by atoms with van der Waals surface area (Å²) in [5.41, 5.74) is 4.70. The van der Waals surface area contributed by atoms with E-state index in [4.69, 9.17) is 0 Å². The monoisotopic (exact) mass is 523 g/mol. The number of benzene rings is 2. The average molecular weight is 524 g/mol. The van der Waals surface area contributed by atoms with E-state index in [-0.39, 0.29) is 23.5 Å². The van der Waals surface area contributed by atoms with Crippen molar-refractivity contribution in [3.8, 4) is 0 Å². The molecule has 0 aromatic heterocycles. The van der Waals surface area contributed by atoms with Gasteiger partial charge in [0, 0.05) is 28.2 Å². The van der Waals surface area contributed by atoms with Crippen molar-refractivity contribution in [2.75, 3.05) is 21.7 Å². The van der Waals surface area contributed by atoms with Crippen LogP contribution in [0.2, 0.25) is 0 Å². The molecule has 2 aliphatic rings. The molecule has 2 aromatic rings. The molecule has 2 atom stereocenters. The molecule has 37 heavy (non-hydrogen) atoms. The fraction of sp³-hybridized carbons (Fsp3) is 0.483. The quantitative estimate of drug-likeness (QED) is 0.519. The third-order valence-corrected chi connectivity index (χ3v) is 8.43. The number of amides is 3. The first-order valence-electron chi connectivity index (χ1n) is 13.3. The first kappa shape index (κ1) is 27.0. The Morgan fingerprint density at radius 1 is 0.973 bits per heavy atom. The fourth-order valence-electron chi connectivity index (χ4n) is 5.29. The van der Waals surface area contributed by atoms with Crippen LogP contribution in [-0.4, -0.2) is 45.5 Å². The number of anilines is 2. The molecule has 7 nitrogen and oxygen atoms in total. The first-order chi connectivity index (χ1) is 17.8. The number of hydrogen-bond acceptors (Lipinski definition) is 4. The predicted octanol–water partition coefficient (Wildman–Crippen LogP) is 4.04. The van der Waals surface area contributed by atoms with E-state index in [0.717, 1.165) is 68.2 Å².